The van der Waals surface area contributed by atoms with Crippen LogP contribution in [0.1, 0.15) is 5.56 Å². The predicted octanol–water partition coefficient (Wildman–Crippen LogP) is 3.25. The third kappa shape index (κ3) is 2.90. The maximum atomic E-state index is 12.6. The highest BCUT2D eigenvalue weighted by Gasteiger charge is 2.15. The number of benzene rings is 2. The van der Waals surface area contributed by atoms with Crippen molar-refractivity contribution in [2.45, 2.75) is 11.8 Å². The molecule has 4 rings (SSSR count). The smallest absolute Gasteiger partial charge is 0.261 e. The molecule has 0 spiro atoms. The summed E-state index contributed by atoms with van der Waals surface area (Å²) in [7, 11) is -3.71. The van der Waals surface area contributed by atoms with E-state index < -0.39 is 10.0 Å². The summed E-state index contributed by atoms with van der Waals surface area (Å²) in [4.78, 5) is 18.7. The van der Waals surface area contributed by atoms with Gasteiger partial charge in [-0.2, -0.15) is 0 Å². The fourth-order valence-corrected chi connectivity index (χ4v) is 4.46. The minimum Gasteiger partial charge on any atom is -0.322 e. The normalized spacial score (nSPS) is 11.9. The molecule has 0 saturated heterocycles. The van der Waals surface area contributed by atoms with Crippen molar-refractivity contribution in [2.24, 2.45) is 0 Å². The third-order valence-electron chi connectivity index (χ3n) is 3.90. The van der Waals surface area contributed by atoms with Crippen LogP contribution < -0.4 is 10.3 Å². The molecule has 2 aromatic carbocycles. The zero-order valence-electron chi connectivity index (χ0n) is 13.1. The Labute approximate surface area is 147 Å². The highest BCUT2D eigenvalue weighted by Crippen LogP contribution is 2.24. The lowest BCUT2D eigenvalue weighted by atomic mass is 10.1. The topological polar surface area (TPSA) is 91.9 Å². The molecule has 0 bridgehead atoms. The zero-order valence-corrected chi connectivity index (χ0v) is 14.7. The molecule has 0 radical (unpaired) electrons. The second-order valence-corrected chi connectivity index (χ2v) is 8.24. The average Bonchev–Trinajstić information content (AvgIpc) is 3.03. The molecule has 0 aliphatic heterocycles. The first-order chi connectivity index (χ1) is 11.9. The Morgan fingerprint density at radius 3 is 2.80 bits per heavy atom. The quantitative estimate of drug-likeness (QED) is 0.578. The van der Waals surface area contributed by atoms with Gasteiger partial charge in [-0.05, 0) is 49.4 Å². The number of hydrogen-bond donors (Lipinski definition) is 2. The van der Waals surface area contributed by atoms with Gasteiger partial charge in [-0.15, -0.1) is 11.3 Å². The van der Waals surface area contributed by atoms with Gasteiger partial charge in [-0.3, -0.25) is 9.52 Å². The van der Waals surface area contributed by atoms with Crippen LogP contribution in [0, 0.1) is 6.92 Å². The van der Waals surface area contributed by atoms with E-state index in [2.05, 4.69) is 14.7 Å². The molecule has 0 aliphatic rings. The molecule has 4 aromatic rings. The van der Waals surface area contributed by atoms with Gasteiger partial charge in [0.2, 0.25) is 0 Å². The van der Waals surface area contributed by atoms with Crippen LogP contribution in [-0.4, -0.2) is 18.4 Å². The van der Waals surface area contributed by atoms with Gasteiger partial charge in [0.05, 0.1) is 20.6 Å². The Kier molecular flexibility index (Phi) is 3.59. The van der Waals surface area contributed by atoms with Crippen molar-refractivity contribution in [3.8, 4) is 0 Å². The van der Waals surface area contributed by atoms with Crippen molar-refractivity contribution in [3.63, 3.8) is 0 Å². The van der Waals surface area contributed by atoms with Crippen LogP contribution in [0.5, 0.6) is 0 Å². The molecule has 25 heavy (non-hydrogen) atoms. The van der Waals surface area contributed by atoms with E-state index in [1.807, 2.05) is 0 Å². The lowest BCUT2D eigenvalue weighted by Crippen LogP contribution is -2.13. The predicted molar refractivity (Wildman–Crippen MR) is 99.7 cm³/mol. The van der Waals surface area contributed by atoms with Crippen molar-refractivity contribution in [1.82, 2.24) is 9.97 Å². The molecule has 0 amide bonds. The summed E-state index contributed by atoms with van der Waals surface area (Å²) in [5.74, 6) is 0. The lowest BCUT2D eigenvalue weighted by Gasteiger charge is -2.09. The molecule has 2 N–H and O–H groups in total. The van der Waals surface area contributed by atoms with Gasteiger partial charge in [0.15, 0.2) is 0 Å². The second-order valence-electron chi connectivity index (χ2n) is 5.67. The van der Waals surface area contributed by atoms with E-state index in [1.165, 1.54) is 17.4 Å². The fraction of sp³-hybridized carbons (Fsp3) is 0.0588. The standard InChI is InChI=1S/C17H13N3O3S2/c1-10-6-11-7-12(2-4-14(11)19-17(10)21)20-25(22,23)13-3-5-15-16(8-13)24-9-18-15/h2-9,20H,1H3,(H,19,21). The number of sulfonamides is 1. The Balaban J connectivity index is 1.73. The van der Waals surface area contributed by atoms with E-state index in [0.717, 1.165) is 15.6 Å². The molecule has 126 valence electrons. The molecule has 6 nitrogen and oxygen atoms in total. The maximum absolute atomic E-state index is 12.6. The monoisotopic (exact) mass is 371 g/mol. The maximum Gasteiger partial charge on any atom is 0.261 e. The van der Waals surface area contributed by atoms with E-state index in [-0.39, 0.29) is 10.5 Å². The number of pyridine rings is 1. The van der Waals surface area contributed by atoms with Gasteiger partial charge in [-0.1, -0.05) is 0 Å². The summed E-state index contributed by atoms with van der Waals surface area (Å²) >= 11 is 1.39. The molecule has 0 fully saturated rings. The molecular weight excluding hydrogens is 358 g/mol. The van der Waals surface area contributed by atoms with E-state index >= 15 is 0 Å². The molecule has 8 heteroatoms. The van der Waals surface area contributed by atoms with E-state index in [1.54, 1.807) is 48.8 Å². The fourth-order valence-electron chi connectivity index (χ4n) is 2.60. The Hall–Kier alpha value is -2.71. The summed E-state index contributed by atoms with van der Waals surface area (Å²) in [5, 5.41) is 0.759. The van der Waals surface area contributed by atoms with Crippen molar-refractivity contribution in [1.29, 1.82) is 0 Å². The Morgan fingerprint density at radius 1 is 1.12 bits per heavy atom. The van der Waals surface area contributed by atoms with E-state index in [9.17, 15) is 13.2 Å². The molecule has 0 saturated carbocycles. The number of nitrogens with one attached hydrogen (secondary N) is 2. The number of nitrogens with zero attached hydrogens (tertiary/aromatic N) is 1. The van der Waals surface area contributed by atoms with Crippen molar-refractivity contribution < 1.29 is 8.42 Å². The molecule has 0 atom stereocenters. The number of rotatable bonds is 3. The summed E-state index contributed by atoms with van der Waals surface area (Å²) in [6.45, 7) is 1.71. The number of anilines is 1. The largest absolute Gasteiger partial charge is 0.322 e. The second kappa shape index (κ2) is 5.68. The summed E-state index contributed by atoms with van der Waals surface area (Å²) in [6, 6.07) is 11.6. The highest BCUT2D eigenvalue weighted by molar-refractivity contribution is 7.92. The van der Waals surface area contributed by atoms with Crippen molar-refractivity contribution >= 4 is 48.2 Å². The minimum absolute atomic E-state index is 0.154. The zero-order chi connectivity index (χ0) is 17.6. The molecule has 0 unspecified atom stereocenters. The molecule has 2 heterocycles. The van der Waals surface area contributed by atoms with Gasteiger partial charge >= 0.3 is 0 Å². The SMILES string of the molecule is Cc1cc2cc(NS(=O)(=O)c3ccc4ncsc4c3)ccc2[nH]c1=O. The average molecular weight is 371 g/mol. The van der Waals surface area contributed by atoms with Gasteiger partial charge in [0.1, 0.15) is 0 Å². The molecule has 2 aromatic heterocycles. The minimum atomic E-state index is -3.71. The first-order valence-electron chi connectivity index (χ1n) is 7.42. The van der Waals surface area contributed by atoms with Crippen LogP contribution in [-0.2, 0) is 10.0 Å². The van der Waals surface area contributed by atoms with Gasteiger partial charge in [0, 0.05) is 22.2 Å². The van der Waals surface area contributed by atoms with Crippen LogP contribution >= 0.6 is 11.3 Å². The number of hydrogen-bond acceptors (Lipinski definition) is 5. The van der Waals surface area contributed by atoms with Gasteiger partial charge < -0.3 is 4.98 Å². The van der Waals surface area contributed by atoms with Crippen molar-refractivity contribution in [2.75, 3.05) is 4.72 Å². The molecule has 0 aliphatic carbocycles. The van der Waals surface area contributed by atoms with E-state index in [4.69, 9.17) is 0 Å². The Bertz CT molecular complexity index is 1270. The number of aryl methyl sites for hydroxylation is 1. The van der Waals surface area contributed by atoms with Gasteiger partial charge in [0.25, 0.3) is 15.6 Å². The van der Waals surface area contributed by atoms with Crippen LogP contribution in [0.4, 0.5) is 5.69 Å². The number of H-pyrrole nitrogens is 1. The lowest BCUT2D eigenvalue weighted by molar-refractivity contribution is 0.601. The van der Waals surface area contributed by atoms with E-state index in [0.29, 0.717) is 16.8 Å². The van der Waals surface area contributed by atoms with Crippen molar-refractivity contribution in [3.05, 3.63) is 63.9 Å². The van der Waals surface area contributed by atoms with Crippen LogP contribution in [0.2, 0.25) is 0 Å². The number of aromatic amines is 1. The first-order valence-corrected chi connectivity index (χ1v) is 9.78. The number of thiazole rings is 1. The number of fused-ring (bicyclic) bond motifs is 2. The Morgan fingerprint density at radius 2 is 1.96 bits per heavy atom. The first kappa shape index (κ1) is 15.8. The summed E-state index contributed by atoms with van der Waals surface area (Å²) < 4.78 is 28.7. The third-order valence-corrected chi connectivity index (χ3v) is 6.07. The summed E-state index contributed by atoms with van der Waals surface area (Å²) in [6.07, 6.45) is 0. The van der Waals surface area contributed by atoms with Crippen LogP contribution in [0.3, 0.4) is 0 Å². The van der Waals surface area contributed by atoms with Crippen LogP contribution in [0.25, 0.3) is 21.1 Å². The van der Waals surface area contributed by atoms with Gasteiger partial charge in [-0.25, -0.2) is 13.4 Å². The molecular formula is C17H13N3O3S2. The van der Waals surface area contributed by atoms with Crippen LogP contribution in [0.15, 0.2) is 57.7 Å². The summed E-state index contributed by atoms with van der Waals surface area (Å²) in [5.41, 5.74) is 3.96. The highest BCUT2D eigenvalue weighted by atomic mass is 32.2. The number of aromatic nitrogens is 2.